The van der Waals surface area contributed by atoms with Crippen molar-refractivity contribution in [3.8, 4) is 0 Å². The summed E-state index contributed by atoms with van der Waals surface area (Å²) in [4.78, 5) is 26.6. The number of fused-ring (bicyclic) bond motifs is 1. The first-order valence-corrected chi connectivity index (χ1v) is 6.01. The van der Waals surface area contributed by atoms with Crippen molar-refractivity contribution < 1.29 is 4.79 Å². The molecule has 0 bridgehead atoms. The molecule has 0 atom stereocenters. The number of amides is 1. The van der Waals surface area contributed by atoms with E-state index in [9.17, 15) is 4.79 Å². The first-order valence-electron chi connectivity index (χ1n) is 6.01. The molecule has 2 aromatic heterocycles. The standard InChI is InChI=1S/C13H12N6O/c14-11(20)9-4-2-1-3-8(9)5-15-12-10-13(17-6-16-10)19-7-18-12/h1-4,6-7H,5H2,(H2,14,20)(H2,15,16,17,18,19). The highest BCUT2D eigenvalue weighted by molar-refractivity contribution is 5.94. The van der Waals surface area contributed by atoms with Crippen molar-refractivity contribution >= 4 is 22.9 Å². The lowest BCUT2D eigenvalue weighted by atomic mass is 10.1. The number of nitrogens with one attached hydrogen (secondary N) is 2. The van der Waals surface area contributed by atoms with Crippen LogP contribution in [0.4, 0.5) is 5.82 Å². The third kappa shape index (κ3) is 2.16. The number of imidazole rings is 1. The van der Waals surface area contributed by atoms with E-state index in [0.29, 0.717) is 29.1 Å². The topological polar surface area (TPSA) is 110 Å². The summed E-state index contributed by atoms with van der Waals surface area (Å²) in [6.45, 7) is 0.429. The number of hydrogen-bond donors (Lipinski definition) is 3. The van der Waals surface area contributed by atoms with Crippen LogP contribution in [0.5, 0.6) is 0 Å². The second kappa shape index (κ2) is 4.96. The number of nitrogens with zero attached hydrogens (tertiary/aromatic N) is 3. The van der Waals surface area contributed by atoms with E-state index in [1.54, 1.807) is 18.5 Å². The van der Waals surface area contributed by atoms with Crippen LogP contribution in [-0.2, 0) is 6.54 Å². The van der Waals surface area contributed by atoms with E-state index in [1.165, 1.54) is 6.33 Å². The predicted molar refractivity (Wildman–Crippen MR) is 74.0 cm³/mol. The minimum Gasteiger partial charge on any atom is -0.366 e. The third-order valence-electron chi connectivity index (χ3n) is 2.95. The molecule has 0 saturated carbocycles. The number of nitrogens with two attached hydrogens (primary N) is 1. The van der Waals surface area contributed by atoms with Crippen LogP contribution in [0.15, 0.2) is 36.9 Å². The van der Waals surface area contributed by atoms with E-state index in [-0.39, 0.29) is 0 Å². The Kier molecular flexibility index (Phi) is 3.00. The Morgan fingerprint density at radius 2 is 2.10 bits per heavy atom. The van der Waals surface area contributed by atoms with Crippen LogP contribution in [0.2, 0.25) is 0 Å². The van der Waals surface area contributed by atoms with Crippen LogP contribution in [0.1, 0.15) is 15.9 Å². The third-order valence-corrected chi connectivity index (χ3v) is 2.95. The van der Waals surface area contributed by atoms with E-state index < -0.39 is 5.91 Å². The fourth-order valence-electron chi connectivity index (χ4n) is 1.99. The van der Waals surface area contributed by atoms with Gasteiger partial charge in [-0.1, -0.05) is 18.2 Å². The fourth-order valence-corrected chi connectivity index (χ4v) is 1.99. The van der Waals surface area contributed by atoms with E-state index in [4.69, 9.17) is 5.73 Å². The molecule has 0 radical (unpaired) electrons. The molecule has 0 saturated heterocycles. The average molecular weight is 268 g/mol. The molecule has 20 heavy (non-hydrogen) atoms. The molecule has 0 spiro atoms. The van der Waals surface area contributed by atoms with Crippen molar-refractivity contribution in [1.29, 1.82) is 0 Å². The number of benzene rings is 1. The number of carbonyl (C=O) groups excluding carboxylic acids is 1. The number of rotatable bonds is 4. The lowest BCUT2D eigenvalue weighted by Gasteiger charge is -2.08. The van der Waals surface area contributed by atoms with Crippen LogP contribution in [0.3, 0.4) is 0 Å². The van der Waals surface area contributed by atoms with Crippen molar-refractivity contribution in [2.45, 2.75) is 6.54 Å². The molecular weight excluding hydrogens is 256 g/mol. The highest BCUT2D eigenvalue weighted by atomic mass is 16.1. The molecule has 0 unspecified atom stereocenters. The van der Waals surface area contributed by atoms with Crippen LogP contribution in [0.25, 0.3) is 11.2 Å². The molecule has 0 aliphatic rings. The quantitative estimate of drug-likeness (QED) is 0.655. The first kappa shape index (κ1) is 12.1. The van der Waals surface area contributed by atoms with E-state index in [0.717, 1.165) is 5.56 Å². The maximum atomic E-state index is 11.4. The van der Waals surface area contributed by atoms with Crippen LogP contribution < -0.4 is 11.1 Å². The smallest absolute Gasteiger partial charge is 0.249 e. The normalized spacial score (nSPS) is 10.6. The summed E-state index contributed by atoms with van der Waals surface area (Å²) < 4.78 is 0. The Hall–Kier alpha value is -2.96. The lowest BCUT2D eigenvalue weighted by molar-refractivity contribution is 0.0999. The average Bonchev–Trinajstić information content (AvgIpc) is 2.94. The molecule has 4 N–H and O–H groups in total. The molecule has 1 amide bonds. The molecule has 3 aromatic rings. The van der Waals surface area contributed by atoms with Crippen molar-refractivity contribution in [2.24, 2.45) is 5.73 Å². The van der Waals surface area contributed by atoms with Gasteiger partial charge in [0.2, 0.25) is 5.91 Å². The number of hydrogen-bond acceptors (Lipinski definition) is 5. The monoisotopic (exact) mass is 268 g/mol. The first-order chi connectivity index (χ1) is 9.75. The van der Waals surface area contributed by atoms with Gasteiger partial charge in [-0.05, 0) is 11.6 Å². The zero-order valence-corrected chi connectivity index (χ0v) is 10.5. The summed E-state index contributed by atoms with van der Waals surface area (Å²) in [6.07, 6.45) is 3.00. The number of carbonyl (C=O) groups is 1. The van der Waals surface area contributed by atoms with Crippen LogP contribution >= 0.6 is 0 Å². The zero-order valence-electron chi connectivity index (χ0n) is 10.5. The lowest BCUT2D eigenvalue weighted by Crippen LogP contribution is -2.15. The highest BCUT2D eigenvalue weighted by Crippen LogP contribution is 2.16. The number of H-pyrrole nitrogens is 1. The number of aromatic amines is 1. The van der Waals surface area contributed by atoms with Crippen LogP contribution in [-0.4, -0.2) is 25.8 Å². The van der Waals surface area contributed by atoms with Crippen LogP contribution in [0, 0.1) is 0 Å². The van der Waals surface area contributed by atoms with Gasteiger partial charge in [0.25, 0.3) is 0 Å². The van der Waals surface area contributed by atoms with Gasteiger partial charge in [-0.3, -0.25) is 4.79 Å². The Labute approximate surface area is 114 Å². The molecule has 1 aromatic carbocycles. The predicted octanol–water partition coefficient (Wildman–Crippen LogP) is 1.06. The Morgan fingerprint density at radius 1 is 1.25 bits per heavy atom. The number of aromatic nitrogens is 4. The minimum absolute atomic E-state index is 0.429. The van der Waals surface area contributed by atoms with Gasteiger partial charge in [-0.15, -0.1) is 0 Å². The summed E-state index contributed by atoms with van der Waals surface area (Å²) in [6, 6.07) is 7.17. The van der Waals surface area contributed by atoms with Crippen molar-refractivity contribution in [1.82, 2.24) is 19.9 Å². The second-order valence-corrected chi connectivity index (χ2v) is 4.20. The molecule has 2 heterocycles. The molecule has 0 fully saturated rings. The van der Waals surface area contributed by atoms with Crippen molar-refractivity contribution in [3.63, 3.8) is 0 Å². The molecule has 7 nitrogen and oxygen atoms in total. The highest BCUT2D eigenvalue weighted by Gasteiger charge is 2.09. The summed E-state index contributed by atoms with van der Waals surface area (Å²) in [7, 11) is 0. The number of primary amides is 1. The summed E-state index contributed by atoms with van der Waals surface area (Å²) in [5, 5.41) is 3.14. The largest absolute Gasteiger partial charge is 0.366 e. The SMILES string of the molecule is NC(=O)c1ccccc1CNc1ncnc2[nH]cnc12. The summed E-state index contributed by atoms with van der Waals surface area (Å²) in [5.41, 5.74) is 7.96. The fraction of sp³-hybridized carbons (Fsp3) is 0.0769. The van der Waals surface area contributed by atoms with Crippen molar-refractivity contribution in [3.05, 3.63) is 48.0 Å². The second-order valence-electron chi connectivity index (χ2n) is 4.20. The molecule has 0 aliphatic heterocycles. The Balaban J connectivity index is 1.87. The van der Waals surface area contributed by atoms with Gasteiger partial charge in [0.05, 0.1) is 6.33 Å². The summed E-state index contributed by atoms with van der Waals surface area (Å²) in [5.74, 6) is 0.158. The van der Waals surface area contributed by atoms with Gasteiger partial charge >= 0.3 is 0 Å². The Morgan fingerprint density at radius 3 is 2.95 bits per heavy atom. The Bertz CT molecular complexity index is 766. The van der Waals surface area contributed by atoms with E-state index in [2.05, 4.69) is 25.3 Å². The van der Waals surface area contributed by atoms with Gasteiger partial charge in [-0.25, -0.2) is 15.0 Å². The van der Waals surface area contributed by atoms with Gasteiger partial charge in [0.1, 0.15) is 11.8 Å². The van der Waals surface area contributed by atoms with Gasteiger partial charge in [0.15, 0.2) is 11.5 Å². The maximum Gasteiger partial charge on any atom is 0.249 e. The van der Waals surface area contributed by atoms with Gasteiger partial charge in [0, 0.05) is 12.1 Å². The molecular formula is C13H12N6O. The molecule has 0 aliphatic carbocycles. The molecule has 7 heteroatoms. The van der Waals surface area contributed by atoms with E-state index >= 15 is 0 Å². The van der Waals surface area contributed by atoms with Crippen molar-refractivity contribution in [2.75, 3.05) is 5.32 Å². The molecule has 100 valence electrons. The van der Waals surface area contributed by atoms with E-state index in [1.807, 2.05) is 12.1 Å². The maximum absolute atomic E-state index is 11.4. The summed E-state index contributed by atoms with van der Waals surface area (Å²) >= 11 is 0. The van der Waals surface area contributed by atoms with Gasteiger partial charge in [-0.2, -0.15) is 0 Å². The van der Waals surface area contributed by atoms with Gasteiger partial charge < -0.3 is 16.0 Å². The minimum atomic E-state index is -0.449. The zero-order chi connectivity index (χ0) is 13.9. The molecule has 3 rings (SSSR count). The number of anilines is 1.